The number of amides is 3. The van der Waals surface area contributed by atoms with E-state index in [1.54, 1.807) is 0 Å². The number of carbonyl (C=O) groups is 3. The zero-order chi connectivity index (χ0) is 20.7. The number of imide groups is 1. The summed E-state index contributed by atoms with van der Waals surface area (Å²) in [5.74, 6) is -0.853. The van der Waals surface area contributed by atoms with Crippen LogP contribution in [-0.2, 0) is 25.7 Å². The smallest absolute Gasteiger partial charge is 0.240 e. The van der Waals surface area contributed by atoms with Gasteiger partial charge >= 0.3 is 0 Å². The van der Waals surface area contributed by atoms with Crippen LogP contribution in [0.1, 0.15) is 12.0 Å². The Kier molecular flexibility index (Phi) is 5.16. The Balaban J connectivity index is 1.11. The van der Waals surface area contributed by atoms with Gasteiger partial charge in [0.25, 0.3) is 0 Å². The number of allylic oxidation sites excluding steroid dienone is 2. The molecule has 5 rings (SSSR count). The molecule has 4 aliphatic rings. The topological polar surface area (TPSA) is 79.0 Å². The Labute approximate surface area is 176 Å². The van der Waals surface area contributed by atoms with Crippen LogP contribution in [-0.4, -0.2) is 66.4 Å². The summed E-state index contributed by atoms with van der Waals surface area (Å²) in [4.78, 5) is 41.4. The number of morpholine rings is 1. The number of hydrogen-bond acceptors (Lipinski definition) is 5. The van der Waals surface area contributed by atoms with E-state index in [1.807, 2.05) is 18.2 Å². The minimum Gasteiger partial charge on any atom is -0.374 e. The quantitative estimate of drug-likeness (QED) is 0.556. The molecule has 3 fully saturated rings. The van der Waals surface area contributed by atoms with Crippen LogP contribution in [0, 0.1) is 23.7 Å². The van der Waals surface area contributed by atoms with Crippen LogP contribution >= 0.6 is 0 Å². The van der Waals surface area contributed by atoms with E-state index in [0.717, 1.165) is 26.1 Å². The maximum Gasteiger partial charge on any atom is 0.240 e. The molecule has 2 aliphatic carbocycles. The molecule has 2 heterocycles. The SMILES string of the molecule is O=C(CN1C(=O)C2C3C=CC(C3)C2C1=O)NCC1CN(Cc2ccccc2)CCO1. The first-order valence-electron chi connectivity index (χ1n) is 10.8. The monoisotopic (exact) mass is 409 g/mol. The van der Waals surface area contributed by atoms with Crippen molar-refractivity contribution in [2.75, 3.05) is 32.8 Å². The molecule has 1 aromatic rings. The van der Waals surface area contributed by atoms with Crippen molar-refractivity contribution in [3.05, 3.63) is 48.0 Å². The van der Waals surface area contributed by atoms with Crippen molar-refractivity contribution in [1.29, 1.82) is 0 Å². The van der Waals surface area contributed by atoms with Crippen molar-refractivity contribution in [1.82, 2.24) is 15.1 Å². The highest BCUT2D eigenvalue weighted by Gasteiger charge is 2.59. The second-order valence-electron chi connectivity index (χ2n) is 8.78. The number of rotatable bonds is 6. The van der Waals surface area contributed by atoms with E-state index in [2.05, 4.69) is 34.5 Å². The summed E-state index contributed by atoms with van der Waals surface area (Å²) in [6.07, 6.45) is 4.91. The molecule has 1 aromatic carbocycles. The first-order valence-corrected chi connectivity index (χ1v) is 10.8. The fraction of sp³-hybridized carbons (Fsp3) is 0.522. The number of benzene rings is 1. The number of ether oxygens (including phenoxy) is 1. The van der Waals surface area contributed by atoms with Crippen LogP contribution in [0.5, 0.6) is 0 Å². The molecular weight excluding hydrogens is 382 g/mol. The summed E-state index contributed by atoms with van der Waals surface area (Å²) < 4.78 is 5.79. The lowest BCUT2D eigenvalue weighted by molar-refractivity contribution is -0.144. The first kappa shape index (κ1) is 19.5. The molecule has 1 saturated carbocycles. The molecular formula is C23H27N3O4. The van der Waals surface area contributed by atoms with Crippen molar-refractivity contribution in [2.24, 2.45) is 23.7 Å². The van der Waals surface area contributed by atoms with E-state index >= 15 is 0 Å². The highest BCUT2D eigenvalue weighted by atomic mass is 16.5. The molecule has 0 radical (unpaired) electrons. The Bertz CT molecular complexity index is 840. The zero-order valence-corrected chi connectivity index (χ0v) is 16.9. The highest BCUT2D eigenvalue weighted by molar-refractivity contribution is 6.08. The second-order valence-corrected chi connectivity index (χ2v) is 8.78. The summed E-state index contributed by atoms with van der Waals surface area (Å²) in [6, 6.07) is 10.3. The lowest BCUT2D eigenvalue weighted by Gasteiger charge is -2.33. The van der Waals surface area contributed by atoms with Gasteiger partial charge in [-0.05, 0) is 23.8 Å². The Morgan fingerprint density at radius 1 is 1.07 bits per heavy atom. The van der Waals surface area contributed by atoms with Crippen LogP contribution in [0.4, 0.5) is 0 Å². The molecule has 0 aromatic heterocycles. The third-order valence-corrected chi connectivity index (χ3v) is 6.86. The summed E-state index contributed by atoms with van der Waals surface area (Å²) >= 11 is 0. The van der Waals surface area contributed by atoms with Gasteiger partial charge in [0.05, 0.1) is 24.5 Å². The number of hydrogen-bond donors (Lipinski definition) is 1. The van der Waals surface area contributed by atoms with Gasteiger partial charge in [-0.25, -0.2) is 0 Å². The van der Waals surface area contributed by atoms with Crippen molar-refractivity contribution in [2.45, 2.75) is 19.1 Å². The van der Waals surface area contributed by atoms with Gasteiger partial charge in [-0.2, -0.15) is 0 Å². The lowest BCUT2D eigenvalue weighted by atomic mass is 9.85. The molecule has 7 nitrogen and oxygen atoms in total. The first-order chi connectivity index (χ1) is 14.6. The molecule has 30 heavy (non-hydrogen) atoms. The summed E-state index contributed by atoms with van der Waals surface area (Å²) in [5.41, 5.74) is 1.25. The van der Waals surface area contributed by atoms with E-state index in [1.165, 1.54) is 10.5 Å². The number of likely N-dealkylation sites (tertiary alicyclic amines) is 1. The van der Waals surface area contributed by atoms with Crippen LogP contribution in [0.25, 0.3) is 0 Å². The largest absolute Gasteiger partial charge is 0.374 e. The maximum absolute atomic E-state index is 12.7. The van der Waals surface area contributed by atoms with Crippen molar-refractivity contribution < 1.29 is 19.1 Å². The molecule has 0 spiro atoms. The minimum atomic E-state index is -0.305. The van der Waals surface area contributed by atoms with Gasteiger partial charge in [-0.1, -0.05) is 42.5 Å². The summed E-state index contributed by atoms with van der Waals surface area (Å²) in [6.45, 7) is 3.25. The van der Waals surface area contributed by atoms with E-state index in [-0.39, 0.29) is 54.0 Å². The van der Waals surface area contributed by atoms with Crippen LogP contribution in [0.2, 0.25) is 0 Å². The molecule has 2 aliphatic heterocycles. The zero-order valence-electron chi connectivity index (χ0n) is 16.9. The minimum absolute atomic E-state index is 0.101. The standard InChI is InChI=1S/C23H27N3O4/c27-19(14-26-22(28)20-16-6-7-17(10-16)21(20)23(26)29)24-11-18-13-25(8-9-30-18)12-15-4-2-1-3-5-15/h1-7,16-18,20-21H,8-14H2,(H,24,27). The fourth-order valence-corrected chi connectivity index (χ4v) is 5.44. The van der Waals surface area contributed by atoms with Gasteiger partial charge in [0.1, 0.15) is 6.54 Å². The van der Waals surface area contributed by atoms with Gasteiger partial charge in [-0.3, -0.25) is 24.2 Å². The molecule has 1 N–H and O–H groups in total. The van der Waals surface area contributed by atoms with Crippen molar-refractivity contribution >= 4 is 17.7 Å². The van der Waals surface area contributed by atoms with Gasteiger partial charge in [-0.15, -0.1) is 0 Å². The summed E-state index contributed by atoms with van der Waals surface area (Å²) in [7, 11) is 0. The fourth-order valence-electron chi connectivity index (χ4n) is 5.44. The average Bonchev–Trinajstić information content (AvgIpc) is 3.44. The van der Waals surface area contributed by atoms with Gasteiger partial charge in [0.2, 0.25) is 17.7 Å². The van der Waals surface area contributed by atoms with Crippen molar-refractivity contribution in [3.63, 3.8) is 0 Å². The van der Waals surface area contributed by atoms with E-state index in [0.29, 0.717) is 13.2 Å². The van der Waals surface area contributed by atoms with Crippen LogP contribution < -0.4 is 5.32 Å². The van der Waals surface area contributed by atoms with Gasteiger partial charge in [0.15, 0.2) is 0 Å². The molecule has 5 atom stereocenters. The van der Waals surface area contributed by atoms with Crippen molar-refractivity contribution in [3.8, 4) is 0 Å². The second kappa shape index (κ2) is 7.96. The van der Waals surface area contributed by atoms with E-state index in [4.69, 9.17) is 4.74 Å². The van der Waals surface area contributed by atoms with Crippen LogP contribution in [0.3, 0.4) is 0 Å². The maximum atomic E-state index is 12.7. The Hall–Kier alpha value is -2.51. The molecule has 7 heteroatoms. The predicted octanol–water partition coefficient (Wildman–Crippen LogP) is 0.811. The lowest BCUT2D eigenvalue weighted by Crippen LogP contribution is -2.49. The Morgan fingerprint density at radius 2 is 1.77 bits per heavy atom. The van der Waals surface area contributed by atoms with Gasteiger partial charge in [0, 0.05) is 26.2 Å². The number of carbonyl (C=O) groups excluding carboxylic acids is 3. The summed E-state index contributed by atoms with van der Waals surface area (Å²) in [5, 5.41) is 2.86. The normalized spacial score (nSPS) is 32.7. The third kappa shape index (κ3) is 3.56. The molecule has 3 amide bonds. The molecule has 2 saturated heterocycles. The number of fused-ring (bicyclic) bond motifs is 5. The predicted molar refractivity (Wildman–Crippen MR) is 109 cm³/mol. The van der Waals surface area contributed by atoms with Crippen LogP contribution in [0.15, 0.2) is 42.5 Å². The Morgan fingerprint density at radius 3 is 2.47 bits per heavy atom. The van der Waals surface area contributed by atoms with E-state index < -0.39 is 0 Å². The number of nitrogens with one attached hydrogen (secondary N) is 1. The third-order valence-electron chi connectivity index (χ3n) is 6.86. The molecule has 2 bridgehead atoms. The molecule has 5 unspecified atom stereocenters. The van der Waals surface area contributed by atoms with Gasteiger partial charge < -0.3 is 10.1 Å². The highest BCUT2D eigenvalue weighted by Crippen LogP contribution is 2.52. The average molecular weight is 409 g/mol. The number of nitrogens with zero attached hydrogens (tertiary/aromatic N) is 2. The van der Waals surface area contributed by atoms with E-state index in [9.17, 15) is 14.4 Å². The molecule has 158 valence electrons.